The van der Waals surface area contributed by atoms with Crippen molar-refractivity contribution in [3.8, 4) is 0 Å². The van der Waals surface area contributed by atoms with Gasteiger partial charge in [-0.15, -0.1) is 0 Å². The van der Waals surface area contributed by atoms with Crippen LogP contribution in [0.1, 0.15) is 50.3 Å². The van der Waals surface area contributed by atoms with Crippen LogP contribution in [0.15, 0.2) is 149 Å². The van der Waals surface area contributed by atoms with E-state index in [-0.39, 0.29) is 0 Å². The van der Waals surface area contributed by atoms with E-state index in [9.17, 15) is 0 Å². The molecule has 2 heterocycles. The molecule has 7 rings (SSSR count). The molecule has 5 aromatic carbocycles. The Hall–Kier alpha value is -4.32. The van der Waals surface area contributed by atoms with Crippen molar-refractivity contribution in [2.75, 3.05) is 11.4 Å². The van der Waals surface area contributed by atoms with Crippen molar-refractivity contribution in [1.29, 1.82) is 0 Å². The smallest absolute Gasteiger partial charge is 0.262 e. The number of hydrogen-bond acceptors (Lipinski definition) is 3. The van der Waals surface area contributed by atoms with Crippen LogP contribution in [0.25, 0.3) is 16.3 Å². The standard InChI is InChI=1S/C23H25N2S2.C22H24B/c1-5-24-18-14-16(3)10-12-20(18)26-22(24)8-7-9-23-25(6-2)19-15-17(4)11-13-21(19)27-23;1-3-19(2)23(20-13-7-4-8-14-20,21-15-9-5-10-16-21)22-17-11-6-12-18-22/h7-15H,5-6H2,1-4H3;4-19H,3H2,1-2H3/q+1;-1. The zero-order valence-corrected chi connectivity index (χ0v) is 32.0. The Kier molecular flexibility index (Phi) is 11.5. The number of rotatable bonds is 9. The summed E-state index contributed by atoms with van der Waals surface area (Å²) < 4.78 is 3.75. The number of aryl methyl sites for hydroxylation is 3. The summed E-state index contributed by atoms with van der Waals surface area (Å²) in [5.41, 5.74) is 9.59. The van der Waals surface area contributed by atoms with Crippen molar-refractivity contribution >= 4 is 67.6 Å². The second-order valence-corrected chi connectivity index (χ2v) is 15.5. The number of thioether (sulfide) groups is 1. The Morgan fingerprint density at radius 1 is 0.720 bits per heavy atom. The fourth-order valence-electron chi connectivity index (χ4n) is 7.72. The molecule has 5 heteroatoms. The fraction of sp³-hybridized carbons (Fsp3) is 0.222. The van der Waals surface area contributed by atoms with E-state index >= 15 is 0 Å². The Labute approximate surface area is 308 Å². The van der Waals surface area contributed by atoms with Gasteiger partial charge in [0.25, 0.3) is 5.01 Å². The Morgan fingerprint density at radius 2 is 1.28 bits per heavy atom. The summed E-state index contributed by atoms with van der Waals surface area (Å²) in [6.07, 6.45) is 6.88. The van der Waals surface area contributed by atoms with Crippen LogP contribution < -0.4 is 25.9 Å². The van der Waals surface area contributed by atoms with Crippen LogP contribution in [0.3, 0.4) is 0 Å². The summed E-state index contributed by atoms with van der Waals surface area (Å²) in [6.45, 7) is 15.4. The highest BCUT2D eigenvalue weighted by Gasteiger charge is 2.34. The Balaban J connectivity index is 0.000000175. The Bertz CT molecular complexity index is 1990. The highest BCUT2D eigenvalue weighted by Crippen LogP contribution is 2.46. The maximum Gasteiger partial charge on any atom is 0.262 e. The molecule has 1 atom stereocenters. The van der Waals surface area contributed by atoms with E-state index in [2.05, 4.69) is 197 Å². The van der Waals surface area contributed by atoms with Crippen molar-refractivity contribution < 1.29 is 4.57 Å². The van der Waals surface area contributed by atoms with Crippen LogP contribution in [-0.4, -0.2) is 12.7 Å². The van der Waals surface area contributed by atoms with Gasteiger partial charge in [0.15, 0.2) is 0 Å². The lowest BCUT2D eigenvalue weighted by atomic mass is 9.10. The van der Waals surface area contributed by atoms with Crippen LogP contribution >= 0.6 is 23.1 Å². The third kappa shape index (κ3) is 7.13. The molecule has 0 N–H and O–H groups in total. The number of fused-ring (bicyclic) bond motifs is 2. The van der Waals surface area contributed by atoms with E-state index in [1.54, 1.807) is 0 Å². The maximum atomic E-state index is 2.40. The monoisotopic (exact) mass is 692 g/mol. The van der Waals surface area contributed by atoms with Gasteiger partial charge in [0.1, 0.15) is 11.2 Å². The molecule has 0 radical (unpaired) electrons. The quantitative estimate of drug-likeness (QED) is 0.110. The molecule has 0 fully saturated rings. The van der Waals surface area contributed by atoms with Crippen LogP contribution in [0.5, 0.6) is 0 Å². The van der Waals surface area contributed by atoms with Gasteiger partial charge in [-0.25, -0.2) is 0 Å². The first-order valence-electron chi connectivity index (χ1n) is 18.1. The van der Waals surface area contributed by atoms with Gasteiger partial charge in [-0.05, 0) is 63.1 Å². The number of nitrogens with zero attached hydrogens (tertiary/aromatic N) is 2. The molecular weight excluding hydrogens is 643 g/mol. The predicted molar refractivity (Wildman–Crippen MR) is 223 cm³/mol. The number of thiazole rings is 1. The molecule has 1 aliphatic rings. The van der Waals surface area contributed by atoms with Crippen LogP contribution in [0.2, 0.25) is 5.82 Å². The van der Waals surface area contributed by atoms with E-state index in [0.717, 1.165) is 19.5 Å². The largest absolute Gasteiger partial charge is 0.335 e. The molecule has 1 aliphatic heterocycles. The first kappa shape index (κ1) is 35.5. The van der Waals surface area contributed by atoms with Gasteiger partial charge in [0.05, 0.1) is 16.9 Å². The molecule has 50 heavy (non-hydrogen) atoms. The molecule has 0 amide bonds. The highest BCUT2D eigenvalue weighted by atomic mass is 32.2. The molecule has 6 aromatic rings. The van der Waals surface area contributed by atoms with E-state index in [1.165, 1.54) is 58.4 Å². The summed E-state index contributed by atoms with van der Waals surface area (Å²) in [5, 5.41) is 2.60. The van der Waals surface area contributed by atoms with Crippen LogP contribution in [0, 0.1) is 13.8 Å². The third-order valence-electron chi connectivity index (χ3n) is 10.4. The van der Waals surface area contributed by atoms with E-state index in [0.29, 0.717) is 5.82 Å². The number of anilines is 1. The minimum Gasteiger partial charge on any atom is -0.335 e. The molecule has 1 aromatic heterocycles. The molecule has 0 spiro atoms. The van der Waals surface area contributed by atoms with Crippen molar-refractivity contribution in [1.82, 2.24) is 0 Å². The zero-order chi connectivity index (χ0) is 35.1. The summed E-state index contributed by atoms with van der Waals surface area (Å²) in [7, 11) is 0. The second kappa shape index (κ2) is 16.1. The summed E-state index contributed by atoms with van der Waals surface area (Å²) in [5.74, 6) is 0.558. The number of hydrogen-bond donors (Lipinski definition) is 0. The molecule has 0 aliphatic carbocycles. The fourth-order valence-corrected chi connectivity index (χ4v) is 9.96. The normalized spacial score (nSPS) is 14.2. The third-order valence-corrected chi connectivity index (χ3v) is 12.6. The zero-order valence-electron chi connectivity index (χ0n) is 30.3. The first-order chi connectivity index (χ1) is 24.4. The van der Waals surface area contributed by atoms with Gasteiger partial charge in [-0.2, -0.15) is 26.8 Å². The average molecular weight is 693 g/mol. The molecule has 0 saturated heterocycles. The lowest BCUT2D eigenvalue weighted by Crippen LogP contribution is -2.69. The molecular formula is C45H49BN2S2. The van der Waals surface area contributed by atoms with Gasteiger partial charge in [-0.3, -0.25) is 0 Å². The molecule has 1 unspecified atom stereocenters. The lowest BCUT2D eigenvalue weighted by Gasteiger charge is -2.48. The van der Waals surface area contributed by atoms with E-state index < -0.39 is 6.15 Å². The number of benzene rings is 5. The summed E-state index contributed by atoms with van der Waals surface area (Å²) >= 11 is 3.72. The minimum atomic E-state index is -0.974. The molecule has 0 bridgehead atoms. The topological polar surface area (TPSA) is 7.12 Å². The van der Waals surface area contributed by atoms with Crippen LogP contribution in [0.4, 0.5) is 5.69 Å². The summed E-state index contributed by atoms with van der Waals surface area (Å²) in [6, 6.07) is 46.6. The summed E-state index contributed by atoms with van der Waals surface area (Å²) in [4.78, 5) is 3.75. The SMILES string of the molecule is CCC(C)[B-](c1ccccc1)(c1ccccc1)c1ccccc1.CCN1/C(=C/C=C/c2sc3ccc(C)cc3[n+]2CC)Sc2ccc(C)cc21. The van der Waals surface area contributed by atoms with Crippen molar-refractivity contribution in [2.45, 2.75) is 65.2 Å². The van der Waals surface area contributed by atoms with E-state index in [1.807, 2.05) is 23.1 Å². The van der Waals surface area contributed by atoms with Crippen LogP contribution in [-0.2, 0) is 6.54 Å². The van der Waals surface area contributed by atoms with Crippen molar-refractivity contribution in [3.63, 3.8) is 0 Å². The molecule has 0 saturated carbocycles. The minimum absolute atomic E-state index is 0.558. The van der Waals surface area contributed by atoms with Gasteiger partial charge in [0.2, 0.25) is 5.52 Å². The molecule has 254 valence electrons. The first-order valence-corrected chi connectivity index (χ1v) is 19.7. The van der Waals surface area contributed by atoms with E-state index in [4.69, 9.17) is 0 Å². The number of aromatic nitrogens is 1. The van der Waals surface area contributed by atoms with Gasteiger partial charge >= 0.3 is 0 Å². The maximum absolute atomic E-state index is 2.40. The average Bonchev–Trinajstić information content (AvgIpc) is 3.69. The van der Waals surface area contributed by atoms with Crippen molar-refractivity contribution in [2.24, 2.45) is 0 Å². The number of allylic oxidation sites excluding steroid dienone is 2. The highest BCUT2D eigenvalue weighted by molar-refractivity contribution is 8.03. The van der Waals surface area contributed by atoms with Gasteiger partial charge in [-0.1, -0.05) is 153 Å². The van der Waals surface area contributed by atoms with Crippen molar-refractivity contribution in [3.05, 3.63) is 161 Å². The Morgan fingerprint density at radius 3 is 1.82 bits per heavy atom. The molecule has 2 nitrogen and oxygen atoms in total. The van der Waals surface area contributed by atoms with Gasteiger partial charge < -0.3 is 4.90 Å². The predicted octanol–water partition coefficient (Wildman–Crippen LogP) is 10.3. The lowest BCUT2D eigenvalue weighted by molar-refractivity contribution is -0.665. The second-order valence-electron chi connectivity index (χ2n) is 13.4. The van der Waals surface area contributed by atoms with Gasteiger partial charge in [0, 0.05) is 23.6 Å².